The highest BCUT2D eigenvalue weighted by atomic mass is 16.7. The zero-order valence-electron chi connectivity index (χ0n) is 16.2. The summed E-state index contributed by atoms with van der Waals surface area (Å²) < 4.78 is 11.0. The summed E-state index contributed by atoms with van der Waals surface area (Å²) in [4.78, 5) is 12.3. The van der Waals surface area contributed by atoms with Crippen LogP contribution in [0, 0.1) is 16.7 Å². The van der Waals surface area contributed by atoms with Gasteiger partial charge in [-0.15, -0.1) is 0 Å². The Balaban J connectivity index is 1.74. The molecule has 0 amide bonds. The van der Waals surface area contributed by atoms with Crippen molar-refractivity contribution in [2.45, 2.75) is 82.8 Å². The van der Waals surface area contributed by atoms with Gasteiger partial charge in [-0.3, -0.25) is 4.79 Å². The van der Waals surface area contributed by atoms with E-state index >= 15 is 0 Å². The lowest BCUT2D eigenvalue weighted by atomic mass is 9.54. The van der Waals surface area contributed by atoms with Crippen molar-refractivity contribution in [1.29, 1.82) is 0 Å². The molecule has 1 saturated heterocycles. The minimum atomic E-state index is -1.53. The summed E-state index contributed by atoms with van der Waals surface area (Å²) in [5.41, 5.74) is -2.14. The Morgan fingerprint density at radius 1 is 1.11 bits per heavy atom. The Morgan fingerprint density at radius 3 is 2.41 bits per heavy atom. The van der Waals surface area contributed by atoms with Crippen LogP contribution in [0.1, 0.15) is 46.5 Å². The van der Waals surface area contributed by atoms with Crippen LogP contribution >= 0.6 is 0 Å². The van der Waals surface area contributed by atoms with Crippen LogP contribution in [0.4, 0.5) is 0 Å². The first-order chi connectivity index (χ1) is 12.4. The van der Waals surface area contributed by atoms with Gasteiger partial charge in [0.15, 0.2) is 6.29 Å². The highest BCUT2D eigenvalue weighted by molar-refractivity contribution is 5.81. The SMILES string of the molecule is CC1(C)CC(=O)CC2(C)C1CCC2(O)COC1OC(CO)C(O)C(O)C1O. The van der Waals surface area contributed by atoms with Gasteiger partial charge in [-0.25, -0.2) is 0 Å². The minimum absolute atomic E-state index is 0.118. The van der Waals surface area contributed by atoms with Gasteiger partial charge < -0.3 is 35.0 Å². The molecule has 3 rings (SSSR count). The predicted molar refractivity (Wildman–Crippen MR) is 93.5 cm³/mol. The minimum Gasteiger partial charge on any atom is -0.394 e. The van der Waals surface area contributed by atoms with Crippen molar-refractivity contribution in [2.75, 3.05) is 13.2 Å². The second-order valence-corrected chi connectivity index (χ2v) is 9.43. The van der Waals surface area contributed by atoms with Crippen LogP contribution in [0.3, 0.4) is 0 Å². The summed E-state index contributed by atoms with van der Waals surface area (Å²) in [5, 5.41) is 50.5. The third kappa shape index (κ3) is 3.35. The Labute approximate surface area is 159 Å². The van der Waals surface area contributed by atoms with E-state index in [0.29, 0.717) is 12.8 Å². The smallest absolute Gasteiger partial charge is 0.186 e. The third-order valence-electron chi connectivity index (χ3n) is 7.17. The molecule has 8 atom stereocenters. The Morgan fingerprint density at radius 2 is 1.78 bits per heavy atom. The molecule has 8 unspecified atom stereocenters. The van der Waals surface area contributed by atoms with Crippen LogP contribution in [-0.4, -0.2) is 80.8 Å². The molecule has 0 bridgehead atoms. The molecule has 1 aliphatic heterocycles. The van der Waals surface area contributed by atoms with E-state index in [2.05, 4.69) is 13.8 Å². The first-order valence-electron chi connectivity index (χ1n) is 9.61. The fourth-order valence-corrected chi connectivity index (χ4v) is 5.62. The molecule has 5 N–H and O–H groups in total. The van der Waals surface area contributed by atoms with E-state index in [1.807, 2.05) is 6.92 Å². The molecule has 156 valence electrons. The molecule has 2 aliphatic carbocycles. The second kappa shape index (κ2) is 7.02. The maximum atomic E-state index is 12.3. The lowest BCUT2D eigenvalue weighted by Gasteiger charge is -2.51. The van der Waals surface area contributed by atoms with E-state index in [0.717, 1.165) is 6.42 Å². The molecule has 8 heteroatoms. The average Bonchev–Trinajstić information content (AvgIpc) is 2.83. The lowest BCUT2D eigenvalue weighted by molar-refractivity contribution is -0.312. The summed E-state index contributed by atoms with van der Waals surface area (Å²) in [6.45, 7) is 5.30. The highest BCUT2D eigenvalue weighted by Crippen LogP contribution is 2.62. The summed E-state index contributed by atoms with van der Waals surface area (Å²) in [6.07, 6.45) is -4.86. The van der Waals surface area contributed by atoms with Crippen LogP contribution < -0.4 is 0 Å². The summed E-state index contributed by atoms with van der Waals surface area (Å²) in [6, 6.07) is 0. The molecule has 3 aliphatic rings. The number of rotatable bonds is 4. The van der Waals surface area contributed by atoms with E-state index in [9.17, 15) is 30.3 Å². The van der Waals surface area contributed by atoms with Gasteiger partial charge in [-0.2, -0.15) is 0 Å². The van der Waals surface area contributed by atoms with Gasteiger partial charge in [0.2, 0.25) is 0 Å². The first kappa shape index (κ1) is 21.1. The lowest BCUT2D eigenvalue weighted by Crippen LogP contribution is -2.61. The molecular formula is C19H32O8. The fraction of sp³-hybridized carbons (Fsp3) is 0.947. The van der Waals surface area contributed by atoms with Crippen LogP contribution in [0.15, 0.2) is 0 Å². The van der Waals surface area contributed by atoms with Gasteiger partial charge in [0.05, 0.1) is 18.8 Å². The first-order valence-corrected chi connectivity index (χ1v) is 9.61. The topological polar surface area (TPSA) is 137 Å². The number of hydrogen-bond donors (Lipinski definition) is 5. The van der Waals surface area contributed by atoms with Gasteiger partial charge in [-0.1, -0.05) is 20.8 Å². The van der Waals surface area contributed by atoms with Crippen LogP contribution in [0.25, 0.3) is 0 Å². The monoisotopic (exact) mass is 388 g/mol. The van der Waals surface area contributed by atoms with Crippen molar-refractivity contribution in [3.63, 3.8) is 0 Å². The number of hydrogen-bond acceptors (Lipinski definition) is 8. The third-order valence-corrected chi connectivity index (χ3v) is 7.17. The van der Waals surface area contributed by atoms with Crippen molar-refractivity contribution in [2.24, 2.45) is 16.7 Å². The number of Topliss-reactive ketones (excluding diaryl/α,β-unsaturated/α-hetero) is 1. The van der Waals surface area contributed by atoms with Crippen LogP contribution in [0.2, 0.25) is 0 Å². The molecule has 3 fully saturated rings. The molecule has 1 heterocycles. The van der Waals surface area contributed by atoms with Crippen molar-refractivity contribution < 1.29 is 39.8 Å². The van der Waals surface area contributed by atoms with Crippen molar-refractivity contribution in [1.82, 2.24) is 0 Å². The van der Waals surface area contributed by atoms with E-state index in [1.165, 1.54) is 0 Å². The normalized spacial score (nSPS) is 49.9. The zero-order valence-corrected chi connectivity index (χ0v) is 16.2. The van der Waals surface area contributed by atoms with Gasteiger partial charge in [0.25, 0.3) is 0 Å². The van der Waals surface area contributed by atoms with E-state index in [4.69, 9.17) is 9.47 Å². The number of aliphatic hydroxyl groups is 5. The number of fused-ring (bicyclic) bond motifs is 1. The van der Waals surface area contributed by atoms with Crippen molar-refractivity contribution in [3.8, 4) is 0 Å². The number of aliphatic hydroxyl groups excluding tert-OH is 4. The van der Waals surface area contributed by atoms with E-state index in [1.54, 1.807) is 0 Å². The quantitative estimate of drug-likeness (QED) is 0.428. The highest BCUT2D eigenvalue weighted by Gasteiger charge is 2.63. The summed E-state index contributed by atoms with van der Waals surface area (Å²) >= 11 is 0. The van der Waals surface area contributed by atoms with E-state index in [-0.39, 0.29) is 30.1 Å². The fourth-order valence-electron chi connectivity index (χ4n) is 5.62. The molecule has 0 aromatic carbocycles. The van der Waals surface area contributed by atoms with Crippen LogP contribution in [0.5, 0.6) is 0 Å². The van der Waals surface area contributed by atoms with Crippen LogP contribution in [-0.2, 0) is 14.3 Å². The maximum absolute atomic E-state index is 12.3. The molecular weight excluding hydrogens is 356 g/mol. The molecule has 0 aromatic rings. The second-order valence-electron chi connectivity index (χ2n) is 9.43. The molecule has 2 saturated carbocycles. The predicted octanol–water partition coefficient (Wildman–Crippen LogP) is -0.661. The Hall–Kier alpha value is -0.610. The standard InChI is InChI=1S/C19H32O8/c1-17(2)6-10(21)7-18(3)12(17)4-5-19(18,25)9-26-16-15(24)14(23)13(22)11(8-20)27-16/h11-16,20,22-25H,4-9H2,1-3H3. The number of ether oxygens (including phenoxy) is 2. The molecule has 0 spiro atoms. The average molecular weight is 388 g/mol. The Kier molecular flexibility index (Phi) is 5.49. The molecule has 0 radical (unpaired) electrons. The molecule has 8 nitrogen and oxygen atoms in total. The number of carbonyl (C=O) groups excluding carboxylic acids is 1. The Bertz CT molecular complexity index is 578. The van der Waals surface area contributed by atoms with Crippen molar-refractivity contribution in [3.05, 3.63) is 0 Å². The van der Waals surface area contributed by atoms with Gasteiger partial charge in [0, 0.05) is 18.3 Å². The number of carbonyl (C=O) groups is 1. The van der Waals surface area contributed by atoms with Crippen molar-refractivity contribution >= 4 is 5.78 Å². The van der Waals surface area contributed by atoms with Gasteiger partial charge in [0.1, 0.15) is 30.2 Å². The number of ketones is 1. The summed E-state index contributed by atoms with van der Waals surface area (Å²) in [7, 11) is 0. The van der Waals surface area contributed by atoms with E-state index < -0.39 is 48.3 Å². The van der Waals surface area contributed by atoms with Gasteiger partial charge in [-0.05, 0) is 24.2 Å². The van der Waals surface area contributed by atoms with Gasteiger partial charge >= 0.3 is 0 Å². The largest absolute Gasteiger partial charge is 0.394 e. The zero-order chi connectivity index (χ0) is 20.2. The summed E-state index contributed by atoms with van der Waals surface area (Å²) in [5.74, 6) is 0.276. The molecule has 0 aromatic heterocycles. The maximum Gasteiger partial charge on any atom is 0.186 e. The molecule has 27 heavy (non-hydrogen) atoms.